The first-order chi connectivity index (χ1) is 30.7. The summed E-state index contributed by atoms with van der Waals surface area (Å²) in [6.07, 6.45) is 0. The van der Waals surface area contributed by atoms with E-state index in [2.05, 4.69) is 129 Å². The molecule has 5 nitrogen and oxygen atoms in total. The Bertz CT molecular complexity index is 3690. The molecule has 0 saturated carbocycles. The molecule has 11 rings (SSSR count). The highest BCUT2D eigenvalue weighted by atomic mass is 15.0. The molecule has 0 N–H and O–H groups in total. The number of rotatable bonds is 6. The van der Waals surface area contributed by atoms with Crippen molar-refractivity contribution < 1.29 is 0 Å². The molecule has 0 atom stereocenters. The molecule has 0 aliphatic rings. The molecule has 0 spiro atoms. The smallest absolute Gasteiger partial charge is 0.195 e. The Kier molecular flexibility index (Phi) is 8.57. The lowest BCUT2D eigenvalue weighted by molar-refractivity contribution is 1.17. The van der Waals surface area contributed by atoms with E-state index in [4.69, 9.17) is 6.57 Å². The summed E-state index contributed by atoms with van der Waals surface area (Å²) in [5.74, 6) is 0. The van der Waals surface area contributed by atoms with Crippen LogP contribution in [0.25, 0.3) is 104 Å². The van der Waals surface area contributed by atoms with Gasteiger partial charge in [-0.25, -0.2) is 4.85 Å². The highest BCUT2D eigenvalue weighted by Gasteiger charge is 2.25. The van der Waals surface area contributed by atoms with E-state index in [-0.39, 0.29) is 0 Å². The SMILES string of the molecule is [C-]#[N+]c1cc(-c2cc(-c3ccccc3)c(C#N)c(-c3ccccc3)c2C#N)ccc1-c1cccc2c3ccc4c(c5ccccc5n4-c4ccccc4)c3n(-c3ccccc3)c12. The molecular weight excluding hydrogens is 755 g/mol. The van der Waals surface area contributed by atoms with Gasteiger partial charge in [0.15, 0.2) is 5.69 Å². The summed E-state index contributed by atoms with van der Waals surface area (Å²) >= 11 is 0. The van der Waals surface area contributed by atoms with Gasteiger partial charge in [-0.1, -0.05) is 152 Å². The predicted octanol–water partition coefficient (Wildman–Crippen LogP) is 14.8. The van der Waals surface area contributed by atoms with Crippen molar-refractivity contribution in [3.05, 3.63) is 223 Å². The van der Waals surface area contributed by atoms with Crippen LogP contribution in [0.1, 0.15) is 11.1 Å². The molecule has 0 fully saturated rings. The number of nitriles is 2. The summed E-state index contributed by atoms with van der Waals surface area (Å²) < 4.78 is 4.72. The first kappa shape index (κ1) is 36.2. The summed E-state index contributed by atoms with van der Waals surface area (Å²) in [6, 6.07) is 72.6. The number of hydrogen-bond acceptors (Lipinski definition) is 2. The van der Waals surface area contributed by atoms with Crippen LogP contribution in [0.4, 0.5) is 5.69 Å². The van der Waals surface area contributed by atoms with Crippen molar-refractivity contribution in [3.63, 3.8) is 0 Å². The first-order valence-corrected chi connectivity index (χ1v) is 20.4. The summed E-state index contributed by atoms with van der Waals surface area (Å²) in [6.45, 7) is 8.63. The normalized spacial score (nSPS) is 11.2. The molecule has 2 aromatic heterocycles. The Balaban J connectivity index is 1.20. The van der Waals surface area contributed by atoms with Gasteiger partial charge in [-0.3, -0.25) is 0 Å². The maximum absolute atomic E-state index is 10.9. The molecule has 0 radical (unpaired) electrons. The van der Waals surface area contributed by atoms with E-state index in [0.29, 0.717) is 27.9 Å². The van der Waals surface area contributed by atoms with Crippen LogP contribution in [-0.2, 0) is 0 Å². The van der Waals surface area contributed by atoms with Gasteiger partial charge in [-0.05, 0) is 81.9 Å². The molecule has 0 saturated heterocycles. The second-order valence-corrected chi connectivity index (χ2v) is 15.3. The van der Waals surface area contributed by atoms with Gasteiger partial charge >= 0.3 is 0 Å². The topological polar surface area (TPSA) is 61.8 Å². The van der Waals surface area contributed by atoms with Gasteiger partial charge in [0.05, 0.1) is 39.8 Å². The molecule has 0 amide bonds. The van der Waals surface area contributed by atoms with Crippen molar-refractivity contribution >= 4 is 49.3 Å². The number of nitrogens with zero attached hydrogens (tertiary/aromatic N) is 5. The minimum atomic E-state index is 0.390. The molecule has 0 aliphatic heterocycles. The monoisotopic (exact) mass is 787 g/mol. The fraction of sp³-hybridized carbons (Fsp3) is 0. The summed E-state index contributed by atoms with van der Waals surface area (Å²) in [5, 5.41) is 26.0. The molecule has 286 valence electrons. The second kappa shape index (κ2) is 14.7. The fourth-order valence-corrected chi connectivity index (χ4v) is 9.41. The highest BCUT2D eigenvalue weighted by molar-refractivity contribution is 6.27. The van der Waals surface area contributed by atoms with E-state index in [0.717, 1.165) is 88.4 Å². The number of hydrogen-bond donors (Lipinski definition) is 0. The van der Waals surface area contributed by atoms with Gasteiger partial charge in [-0.15, -0.1) is 0 Å². The Hall–Kier alpha value is -8.95. The van der Waals surface area contributed by atoms with Crippen LogP contribution in [0.15, 0.2) is 200 Å². The molecule has 9 aromatic carbocycles. The zero-order valence-electron chi connectivity index (χ0n) is 33.3. The third kappa shape index (κ3) is 5.53. The van der Waals surface area contributed by atoms with Gasteiger partial charge in [0.1, 0.15) is 12.1 Å². The zero-order chi connectivity index (χ0) is 41.7. The van der Waals surface area contributed by atoms with Crippen molar-refractivity contribution in [3.8, 4) is 68.0 Å². The van der Waals surface area contributed by atoms with Crippen LogP contribution in [0, 0.1) is 29.2 Å². The minimum Gasteiger partial charge on any atom is -0.309 e. The minimum absolute atomic E-state index is 0.390. The number of aromatic nitrogens is 2. The standard InChI is InChI=1S/C57H33N5/c1-60-51-33-39(48-34-47(37-17-6-2-7-18-37)49(35-58)54(50(48)36-59)38-19-8-3-9-20-38)29-30-42(51)43-26-16-27-44-45-31-32-53-55(57(45)62(56(43)44)41-23-12-5-13-24-41)46-25-14-15-28-52(46)61(53)40-21-10-4-11-22-40/h2-34H. The van der Waals surface area contributed by atoms with E-state index in [1.807, 2.05) is 97.1 Å². The molecule has 0 aliphatic carbocycles. The van der Waals surface area contributed by atoms with Crippen molar-refractivity contribution in [2.75, 3.05) is 0 Å². The molecule has 0 bridgehead atoms. The van der Waals surface area contributed by atoms with Crippen LogP contribution in [0.5, 0.6) is 0 Å². The molecule has 5 heteroatoms. The van der Waals surface area contributed by atoms with Crippen molar-refractivity contribution in [2.24, 2.45) is 0 Å². The van der Waals surface area contributed by atoms with Crippen molar-refractivity contribution in [2.45, 2.75) is 0 Å². The van der Waals surface area contributed by atoms with Gasteiger partial charge in [0.25, 0.3) is 0 Å². The summed E-state index contributed by atoms with van der Waals surface area (Å²) in [7, 11) is 0. The molecule has 11 aromatic rings. The third-order valence-electron chi connectivity index (χ3n) is 12.0. The fourth-order valence-electron chi connectivity index (χ4n) is 9.41. The molecule has 0 unspecified atom stereocenters. The van der Waals surface area contributed by atoms with Gasteiger partial charge < -0.3 is 9.13 Å². The van der Waals surface area contributed by atoms with E-state index in [1.165, 1.54) is 0 Å². The number of fused-ring (bicyclic) bond motifs is 7. The highest BCUT2D eigenvalue weighted by Crippen LogP contribution is 2.47. The number of para-hydroxylation sites is 4. The lowest BCUT2D eigenvalue weighted by Gasteiger charge is -2.18. The van der Waals surface area contributed by atoms with Crippen LogP contribution < -0.4 is 0 Å². The zero-order valence-corrected chi connectivity index (χ0v) is 33.3. The third-order valence-corrected chi connectivity index (χ3v) is 12.0. The Labute approximate surface area is 358 Å². The van der Waals surface area contributed by atoms with Gasteiger partial charge in [0, 0.05) is 44.0 Å². The largest absolute Gasteiger partial charge is 0.309 e. The van der Waals surface area contributed by atoms with Crippen LogP contribution in [0.2, 0.25) is 0 Å². The van der Waals surface area contributed by atoms with Crippen LogP contribution in [-0.4, -0.2) is 9.13 Å². The summed E-state index contributed by atoms with van der Waals surface area (Å²) in [4.78, 5) is 4.18. The van der Waals surface area contributed by atoms with E-state index < -0.39 is 0 Å². The lowest BCUT2D eigenvalue weighted by atomic mass is 9.83. The average molecular weight is 788 g/mol. The van der Waals surface area contributed by atoms with Crippen molar-refractivity contribution in [1.82, 2.24) is 9.13 Å². The Morgan fingerprint density at radius 2 is 0.968 bits per heavy atom. The maximum Gasteiger partial charge on any atom is 0.195 e. The first-order valence-electron chi connectivity index (χ1n) is 20.4. The van der Waals surface area contributed by atoms with Gasteiger partial charge in [-0.2, -0.15) is 10.5 Å². The molecular formula is C57H33N5. The predicted molar refractivity (Wildman–Crippen MR) is 253 cm³/mol. The van der Waals surface area contributed by atoms with E-state index in [1.54, 1.807) is 0 Å². The quantitative estimate of drug-likeness (QED) is 0.158. The molecule has 62 heavy (non-hydrogen) atoms. The maximum atomic E-state index is 10.9. The second-order valence-electron chi connectivity index (χ2n) is 15.3. The average Bonchev–Trinajstić information content (AvgIpc) is 3.87. The van der Waals surface area contributed by atoms with Crippen molar-refractivity contribution in [1.29, 1.82) is 10.5 Å². The van der Waals surface area contributed by atoms with E-state index in [9.17, 15) is 10.5 Å². The van der Waals surface area contributed by atoms with Crippen LogP contribution >= 0.6 is 0 Å². The molecule has 2 heterocycles. The van der Waals surface area contributed by atoms with Crippen LogP contribution in [0.3, 0.4) is 0 Å². The van der Waals surface area contributed by atoms with E-state index >= 15 is 0 Å². The van der Waals surface area contributed by atoms with Gasteiger partial charge in [0.2, 0.25) is 0 Å². The Morgan fingerprint density at radius 3 is 1.63 bits per heavy atom. The number of benzene rings is 9. The Morgan fingerprint density at radius 1 is 0.403 bits per heavy atom. The lowest BCUT2D eigenvalue weighted by Crippen LogP contribution is -1.98. The summed E-state index contributed by atoms with van der Waals surface area (Å²) in [5.41, 5.74) is 13.8.